The molecule has 1 fully saturated rings. The van der Waals surface area contributed by atoms with Crippen molar-refractivity contribution in [2.24, 2.45) is 0 Å². The maximum Gasteiger partial charge on any atom is 0.220 e. The lowest BCUT2D eigenvalue weighted by atomic mass is 10.1. The van der Waals surface area contributed by atoms with Gasteiger partial charge in [-0.2, -0.15) is 0 Å². The Kier molecular flexibility index (Phi) is 4.61. The Balaban J connectivity index is 1.56. The summed E-state index contributed by atoms with van der Waals surface area (Å²) in [4.78, 5) is 12.1. The molecule has 0 radical (unpaired) electrons. The fraction of sp³-hybridized carbons (Fsp3) is 0.400. The molecule has 1 aromatic carbocycles. The van der Waals surface area contributed by atoms with Crippen LogP contribution in [0.25, 0.3) is 0 Å². The molecule has 8 heteroatoms. The summed E-state index contributed by atoms with van der Waals surface area (Å²) in [6.45, 7) is 0.817. The second-order valence-electron chi connectivity index (χ2n) is 5.40. The number of hydrogen-bond acceptors (Lipinski definition) is 4. The van der Waals surface area contributed by atoms with E-state index >= 15 is 0 Å². The molecule has 2 heterocycles. The molecule has 1 amide bonds. The van der Waals surface area contributed by atoms with Crippen molar-refractivity contribution in [1.29, 1.82) is 0 Å². The van der Waals surface area contributed by atoms with E-state index in [-0.39, 0.29) is 36.4 Å². The van der Waals surface area contributed by atoms with Crippen LogP contribution >= 0.6 is 0 Å². The molecule has 1 aliphatic heterocycles. The zero-order chi connectivity index (χ0) is 16.2. The first kappa shape index (κ1) is 15.5. The minimum atomic E-state index is -0.516. The van der Waals surface area contributed by atoms with Crippen molar-refractivity contribution in [2.45, 2.75) is 24.9 Å². The van der Waals surface area contributed by atoms with Crippen LogP contribution in [0.5, 0.6) is 0 Å². The number of halogens is 2. The van der Waals surface area contributed by atoms with Crippen molar-refractivity contribution >= 4 is 5.91 Å². The van der Waals surface area contributed by atoms with Gasteiger partial charge < -0.3 is 10.1 Å². The molecule has 6 nitrogen and oxygen atoms in total. The summed E-state index contributed by atoms with van der Waals surface area (Å²) in [5.74, 6) is -1.27. The molecule has 1 saturated heterocycles. The van der Waals surface area contributed by atoms with Crippen LogP contribution in [0.1, 0.15) is 18.0 Å². The van der Waals surface area contributed by atoms with Crippen LogP contribution in [-0.4, -0.2) is 40.2 Å². The fourth-order valence-electron chi connectivity index (χ4n) is 2.60. The third-order valence-corrected chi connectivity index (χ3v) is 3.81. The minimum absolute atomic E-state index is 0.0704. The average Bonchev–Trinajstić information content (AvgIpc) is 3.19. The molecule has 23 heavy (non-hydrogen) atoms. The molecule has 2 aromatic rings. The minimum Gasteiger partial charge on any atom is -0.377 e. The first-order chi connectivity index (χ1) is 11.1. The van der Waals surface area contributed by atoms with Crippen molar-refractivity contribution in [3.63, 3.8) is 0 Å². The summed E-state index contributed by atoms with van der Waals surface area (Å²) < 4.78 is 33.7. The Morgan fingerprint density at radius 1 is 1.39 bits per heavy atom. The van der Waals surface area contributed by atoms with Crippen LogP contribution < -0.4 is 5.32 Å². The smallest absolute Gasteiger partial charge is 0.220 e. The maximum atomic E-state index is 13.5. The van der Waals surface area contributed by atoms with Gasteiger partial charge in [0.25, 0.3) is 0 Å². The number of hydrogen-bond donors (Lipinski definition) is 1. The van der Waals surface area contributed by atoms with Crippen LogP contribution in [0.4, 0.5) is 8.78 Å². The Hall–Kier alpha value is -2.35. The molecule has 0 spiro atoms. The number of nitrogens with one attached hydrogen (secondary N) is 1. The molecule has 2 atom stereocenters. The van der Waals surface area contributed by atoms with E-state index in [2.05, 4.69) is 15.6 Å². The van der Waals surface area contributed by atoms with Gasteiger partial charge in [0.15, 0.2) is 0 Å². The predicted octanol–water partition coefficient (Wildman–Crippen LogP) is 1.25. The first-order valence-corrected chi connectivity index (χ1v) is 7.30. The lowest BCUT2D eigenvalue weighted by Gasteiger charge is -2.18. The Morgan fingerprint density at radius 2 is 2.26 bits per heavy atom. The van der Waals surface area contributed by atoms with Gasteiger partial charge in [-0.25, -0.2) is 13.5 Å². The molecule has 1 aromatic heterocycles. The van der Waals surface area contributed by atoms with E-state index < -0.39 is 11.6 Å². The van der Waals surface area contributed by atoms with Gasteiger partial charge in [0.1, 0.15) is 11.6 Å². The standard InChI is InChI=1S/C15H16F2N4O2/c16-11-2-3-12(17)10(7-11)1-4-15(22)19-13-8-23-9-14(13)21-6-5-18-20-21/h2-3,5-7,13-14H,1,4,8-9H2,(H,19,22)/t13-,14+/m0/s1. The highest BCUT2D eigenvalue weighted by Crippen LogP contribution is 2.18. The third kappa shape index (κ3) is 3.70. The topological polar surface area (TPSA) is 69.0 Å². The first-order valence-electron chi connectivity index (χ1n) is 7.30. The van der Waals surface area contributed by atoms with E-state index in [4.69, 9.17) is 4.74 Å². The number of amides is 1. The lowest BCUT2D eigenvalue weighted by molar-refractivity contribution is -0.122. The second-order valence-corrected chi connectivity index (χ2v) is 5.40. The van der Waals surface area contributed by atoms with Gasteiger partial charge in [-0.15, -0.1) is 5.10 Å². The highest BCUT2D eigenvalue weighted by Gasteiger charge is 2.31. The molecule has 0 aliphatic carbocycles. The lowest BCUT2D eigenvalue weighted by Crippen LogP contribution is -2.41. The molecular formula is C15H16F2N4O2. The van der Waals surface area contributed by atoms with Crippen LogP contribution in [0.3, 0.4) is 0 Å². The monoisotopic (exact) mass is 322 g/mol. The average molecular weight is 322 g/mol. The van der Waals surface area contributed by atoms with Gasteiger partial charge in [0.2, 0.25) is 5.91 Å². The van der Waals surface area contributed by atoms with E-state index in [1.807, 2.05) is 0 Å². The van der Waals surface area contributed by atoms with Gasteiger partial charge in [-0.05, 0) is 30.2 Å². The van der Waals surface area contributed by atoms with Crippen molar-refractivity contribution in [3.8, 4) is 0 Å². The Bertz CT molecular complexity index is 678. The molecular weight excluding hydrogens is 306 g/mol. The number of aromatic nitrogens is 3. The van der Waals surface area contributed by atoms with Crippen LogP contribution in [-0.2, 0) is 16.0 Å². The number of carbonyl (C=O) groups excluding carboxylic acids is 1. The molecule has 3 rings (SSSR count). The van der Waals surface area contributed by atoms with Gasteiger partial charge in [-0.3, -0.25) is 4.79 Å². The number of aryl methyl sites for hydroxylation is 1. The maximum absolute atomic E-state index is 13.5. The fourth-order valence-corrected chi connectivity index (χ4v) is 2.60. The van der Waals surface area contributed by atoms with E-state index in [0.29, 0.717) is 13.2 Å². The molecule has 1 N–H and O–H groups in total. The Labute approximate surface area is 131 Å². The van der Waals surface area contributed by atoms with Crippen molar-refractivity contribution in [1.82, 2.24) is 20.3 Å². The molecule has 122 valence electrons. The van der Waals surface area contributed by atoms with E-state index in [0.717, 1.165) is 18.2 Å². The number of ether oxygens (including phenoxy) is 1. The summed E-state index contributed by atoms with van der Waals surface area (Å²) in [6, 6.07) is 2.89. The summed E-state index contributed by atoms with van der Waals surface area (Å²) in [5, 5.41) is 10.5. The summed E-state index contributed by atoms with van der Waals surface area (Å²) in [5.41, 5.74) is 0.190. The molecule has 0 bridgehead atoms. The number of carbonyl (C=O) groups is 1. The summed E-state index contributed by atoms with van der Waals surface area (Å²) >= 11 is 0. The SMILES string of the molecule is O=C(CCc1cc(F)ccc1F)N[C@H]1COC[C@H]1n1ccnn1. The van der Waals surface area contributed by atoms with Crippen molar-refractivity contribution < 1.29 is 18.3 Å². The van der Waals surface area contributed by atoms with Crippen LogP contribution in [0, 0.1) is 11.6 Å². The highest BCUT2D eigenvalue weighted by atomic mass is 19.1. The van der Waals surface area contributed by atoms with Gasteiger partial charge in [0.05, 0.1) is 31.5 Å². The van der Waals surface area contributed by atoms with E-state index in [1.54, 1.807) is 17.1 Å². The predicted molar refractivity (Wildman–Crippen MR) is 76.5 cm³/mol. The van der Waals surface area contributed by atoms with E-state index in [9.17, 15) is 13.6 Å². The largest absolute Gasteiger partial charge is 0.377 e. The third-order valence-electron chi connectivity index (χ3n) is 3.81. The number of nitrogens with zero attached hydrogens (tertiary/aromatic N) is 3. The second kappa shape index (κ2) is 6.82. The number of rotatable bonds is 5. The van der Waals surface area contributed by atoms with Crippen molar-refractivity contribution in [3.05, 3.63) is 47.8 Å². The zero-order valence-electron chi connectivity index (χ0n) is 12.3. The highest BCUT2D eigenvalue weighted by molar-refractivity contribution is 5.76. The van der Waals surface area contributed by atoms with Gasteiger partial charge in [-0.1, -0.05) is 5.21 Å². The van der Waals surface area contributed by atoms with Gasteiger partial charge >= 0.3 is 0 Å². The molecule has 0 saturated carbocycles. The van der Waals surface area contributed by atoms with E-state index in [1.165, 1.54) is 0 Å². The normalized spacial score (nSPS) is 20.6. The van der Waals surface area contributed by atoms with Crippen LogP contribution in [0.15, 0.2) is 30.6 Å². The molecule has 1 aliphatic rings. The zero-order valence-corrected chi connectivity index (χ0v) is 12.3. The van der Waals surface area contributed by atoms with Gasteiger partial charge in [0, 0.05) is 12.6 Å². The summed E-state index contributed by atoms with van der Waals surface area (Å²) in [7, 11) is 0. The van der Waals surface area contributed by atoms with Crippen LogP contribution in [0.2, 0.25) is 0 Å². The molecule has 0 unspecified atom stereocenters. The summed E-state index contributed by atoms with van der Waals surface area (Å²) in [6.07, 6.45) is 3.47. The quantitative estimate of drug-likeness (QED) is 0.899. The van der Waals surface area contributed by atoms with Crippen molar-refractivity contribution in [2.75, 3.05) is 13.2 Å². The Morgan fingerprint density at radius 3 is 3.04 bits per heavy atom. The number of benzene rings is 1.